The van der Waals surface area contributed by atoms with Gasteiger partial charge in [-0.25, -0.2) is 0 Å². The Morgan fingerprint density at radius 3 is 2.10 bits per heavy atom. The van der Waals surface area contributed by atoms with Crippen LogP contribution in [0.15, 0.2) is 22.7 Å². The molecular formula is C11H5ClF4N2O3. The van der Waals surface area contributed by atoms with Gasteiger partial charge in [-0.05, 0) is 6.07 Å². The van der Waals surface area contributed by atoms with Crippen molar-refractivity contribution in [1.82, 2.24) is 5.16 Å². The number of nitrogens with zero attached hydrogens (tertiary/aromatic N) is 1. The Bertz CT molecular complexity index is 719. The minimum atomic E-state index is -4.81. The molecule has 2 aromatic rings. The summed E-state index contributed by atoms with van der Waals surface area (Å²) in [6.07, 6.45) is -9.61. The second-order valence-corrected chi connectivity index (χ2v) is 4.54. The minimum absolute atomic E-state index is 0.0344. The van der Waals surface area contributed by atoms with Gasteiger partial charge in [-0.15, -0.1) is 0 Å². The van der Waals surface area contributed by atoms with Crippen LogP contribution in [-0.4, -0.2) is 17.4 Å². The molecule has 2 heterocycles. The highest BCUT2D eigenvalue weighted by Gasteiger charge is 2.66. The van der Waals surface area contributed by atoms with Crippen molar-refractivity contribution in [2.75, 3.05) is 5.73 Å². The monoisotopic (exact) mass is 324 g/mol. The first kappa shape index (κ1) is 13.8. The zero-order valence-corrected chi connectivity index (χ0v) is 10.6. The lowest BCUT2D eigenvalue weighted by Gasteiger charge is -2.32. The number of hydrogen-bond donors (Lipinski definition) is 1. The Morgan fingerprint density at radius 1 is 1.00 bits per heavy atom. The number of benzene rings is 1. The lowest BCUT2D eigenvalue weighted by atomic mass is 10.1. The Morgan fingerprint density at radius 2 is 1.57 bits per heavy atom. The normalized spacial score (nSPS) is 18.5. The van der Waals surface area contributed by atoms with Gasteiger partial charge in [-0.3, -0.25) is 0 Å². The van der Waals surface area contributed by atoms with Crippen molar-refractivity contribution in [2.45, 2.75) is 12.2 Å². The van der Waals surface area contributed by atoms with E-state index in [9.17, 15) is 17.6 Å². The first-order chi connectivity index (χ1) is 9.69. The predicted octanol–water partition coefficient (Wildman–Crippen LogP) is 3.53. The highest BCUT2D eigenvalue weighted by Crippen LogP contribution is 2.49. The maximum atomic E-state index is 13.1. The molecule has 5 nitrogen and oxygen atoms in total. The maximum absolute atomic E-state index is 13.1. The van der Waals surface area contributed by atoms with Gasteiger partial charge in [0.15, 0.2) is 11.5 Å². The molecule has 1 aromatic heterocycles. The third-order valence-corrected chi connectivity index (χ3v) is 2.97. The largest absolute Gasteiger partial charge is 0.507 e. The molecule has 0 bridgehead atoms. The molecule has 0 fully saturated rings. The number of nitrogens with two attached hydrogens (primary N) is 1. The number of anilines is 1. The highest BCUT2D eigenvalue weighted by atomic mass is 35.5. The molecule has 1 aliphatic heterocycles. The summed E-state index contributed by atoms with van der Waals surface area (Å²) in [4.78, 5) is 0. The third-order valence-electron chi connectivity index (χ3n) is 2.65. The van der Waals surface area contributed by atoms with Gasteiger partial charge in [0.05, 0.1) is 5.02 Å². The molecule has 0 spiro atoms. The van der Waals surface area contributed by atoms with Crippen LogP contribution in [-0.2, 0) is 0 Å². The average molecular weight is 325 g/mol. The van der Waals surface area contributed by atoms with E-state index >= 15 is 0 Å². The summed E-state index contributed by atoms with van der Waals surface area (Å²) in [5.74, 6) is -1.25. The fourth-order valence-corrected chi connectivity index (χ4v) is 1.95. The van der Waals surface area contributed by atoms with E-state index in [0.717, 1.165) is 12.1 Å². The highest BCUT2D eigenvalue weighted by molar-refractivity contribution is 6.33. The van der Waals surface area contributed by atoms with Gasteiger partial charge in [0.1, 0.15) is 5.69 Å². The number of halogens is 5. The van der Waals surface area contributed by atoms with E-state index in [1.807, 2.05) is 0 Å². The molecule has 1 aliphatic rings. The quantitative estimate of drug-likeness (QED) is 0.812. The van der Waals surface area contributed by atoms with Crippen molar-refractivity contribution in [3.05, 3.63) is 23.2 Å². The van der Waals surface area contributed by atoms with Crippen LogP contribution in [0.3, 0.4) is 0 Å². The summed E-state index contributed by atoms with van der Waals surface area (Å²) in [7, 11) is 0. The van der Waals surface area contributed by atoms with Crippen molar-refractivity contribution in [3.8, 4) is 22.8 Å². The summed E-state index contributed by atoms with van der Waals surface area (Å²) in [6.45, 7) is 0. The van der Waals surface area contributed by atoms with Gasteiger partial charge in [0.25, 0.3) is 0 Å². The van der Waals surface area contributed by atoms with Crippen LogP contribution in [0, 0.1) is 0 Å². The standard InChI is InChI=1S/C11H5ClF4N2O3/c12-5-2-8-7(19-10(13,14)11(15,16)20-8)1-4(5)6-3-9(17)21-18-6/h1-3H,17H2. The molecule has 10 heteroatoms. The first-order valence-corrected chi connectivity index (χ1v) is 5.77. The van der Waals surface area contributed by atoms with Crippen LogP contribution >= 0.6 is 11.6 Å². The smallest absolute Gasteiger partial charge is 0.421 e. The summed E-state index contributed by atoms with van der Waals surface area (Å²) in [5.41, 5.74) is 5.58. The lowest BCUT2D eigenvalue weighted by Crippen LogP contribution is -2.52. The van der Waals surface area contributed by atoms with Gasteiger partial charge in [-0.1, -0.05) is 16.8 Å². The van der Waals surface area contributed by atoms with E-state index in [0.29, 0.717) is 0 Å². The number of fused-ring (bicyclic) bond motifs is 1. The molecule has 112 valence electrons. The number of aromatic nitrogens is 1. The van der Waals surface area contributed by atoms with Gasteiger partial charge in [0.2, 0.25) is 5.88 Å². The van der Waals surface area contributed by atoms with Crippen molar-refractivity contribution in [3.63, 3.8) is 0 Å². The van der Waals surface area contributed by atoms with Gasteiger partial charge in [-0.2, -0.15) is 17.6 Å². The zero-order valence-electron chi connectivity index (χ0n) is 9.87. The van der Waals surface area contributed by atoms with Crippen LogP contribution < -0.4 is 15.2 Å². The molecule has 3 rings (SSSR count). The second kappa shape index (κ2) is 4.17. The van der Waals surface area contributed by atoms with E-state index in [1.54, 1.807) is 0 Å². The average Bonchev–Trinajstić information content (AvgIpc) is 2.77. The Labute approximate surface area is 119 Å². The molecule has 0 aliphatic carbocycles. The number of nitrogen functional groups attached to an aromatic ring is 1. The zero-order chi connectivity index (χ0) is 15.4. The van der Waals surface area contributed by atoms with Crippen molar-refractivity contribution < 1.29 is 31.6 Å². The first-order valence-electron chi connectivity index (χ1n) is 5.39. The molecule has 21 heavy (non-hydrogen) atoms. The molecular weight excluding hydrogens is 320 g/mol. The maximum Gasteiger partial charge on any atom is 0.507 e. The van der Waals surface area contributed by atoms with E-state index in [1.165, 1.54) is 6.07 Å². The second-order valence-electron chi connectivity index (χ2n) is 4.13. The Balaban J connectivity index is 2.10. The Hall–Kier alpha value is -2.16. The number of ether oxygens (including phenoxy) is 2. The van der Waals surface area contributed by atoms with E-state index in [-0.39, 0.29) is 22.2 Å². The molecule has 0 radical (unpaired) electrons. The molecule has 1 aromatic carbocycles. The van der Waals surface area contributed by atoms with Crippen molar-refractivity contribution in [2.24, 2.45) is 0 Å². The van der Waals surface area contributed by atoms with E-state index in [2.05, 4.69) is 19.2 Å². The SMILES string of the molecule is Nc1cc(-c2cc3c(cc2Cl)OC(F)(F)C(F)(F)O3)no1. The van der Waals surface area contributed by atoms with Crippen molar-refractivity contribution >= 4 is 17.5 Å². The summed E-state index contributed by atoms with van der Waals surface area (Å²) >= 11 is 5.88. The van der Waals surface area contributed by atoms with E-state index < -0.39 is 23.7 Å². The topological polar surface area (TPSA) is 70.5 Å². The molecule has 2 N–H and O–H groups in total. The van der Waals surface area contributed by atoms with Crippen LogP contribution in [0.2, 0.25) is 5.02 Å². The van der Waals surface area contributed by atoms with Gasteiger partial charge in [0, 0.05) is 17.7 Å². The molecule has 0 atom stereocenters. The number of rotatable bonds is 1. The minimum Gasteiger partial charge on any atom is -0.421 e. The van der Waals surface area contributed by atoms with Crippen LogP contribution in [0.5, 0.6) is 11.5 Å². The van der Waals surface area contributed by atoms with E-state index in [4.69, 9.17) is 17.3 Å². The number of alkyl halides is 4. The fourth-order valence-electron chi connectivity index (χ4n) is 1.70. The molecule has 0 amide bonds. The summed E-state index contributed by atoms with van der Waals surface area (Å²) < 4.78 is 64.9. The lowest BCUT2D eigenvalue weighted by molar-refractivity contribution is -0.391. The molecule has 0 saturated carbocycles. The molecule has 0 unspecified atom stereocenters. The van der Waals surface area contributed by atoms with Crippen LogP contribution in [0.25, 0.3) is 11.3 Å². The predicted molar refractivity (Wildman–Crippen MR) is 62.5 cm³/mol. The summed E-state index contributed by atoms with van der Waals surface area (Å²) in [6, 6.07) is 3.18. The molecule has 0 saturated heterocycles. The van der Waals surface area contributed by atoms with Crippen LogP contribution in [0.4, 0.5) is 23.4 Å². The summed E-state index contributed by atoms with van der Waals surface area (Å²) in [5, 5.41) is 3.47. The van der Waals surface area contributed by atoms with Gasteiger partial charge >= 0.3 is 12.2 Å². The fraction of sp³-hybridized carbons (Fsp3) is 0.182. The van der Waals surface area contributed by atoms with Gasteiger partial charge < -0.3 is 19.7 Å². The van der Waals surface area contributed by atoms with Crippen molar-refractivity contribution in [1.29, 1.82) is 0 Å². The third kappa shape index (κ3) is 2.13. The number of hydrogen-bond acceptors (Lipinski definition) is 5. The van der Waals surface area contributed by atoms with Crippen LogP contribution in [0.1, 0.15) is 0 Å². The Kier molecular flexibility index (Phi) is 2.74.